The summed E-state index contributed by atoms with van der Waals surface area (Å²) < 4.78 is 6.57. The van der Waals surface area contributed by atoms with Gasteiger partial charge in [0, 0.05) is 6.10 Å². The van der Waals surface area contributed by atoms with E-state index in [1.54, 1.807) is 0 Å². The van der Waals surface area contributed by atoms with Gasteiger partial charge in [-0.1, -0.05) is 53.9 Å². The van der Waals surface area contributed by atoms with Crippen molar-refractivity contribution in [1.29, 1.82) is 0 Å². The van der Waals surface area contributed by atoms with Gasteiger partial charge in [-0.05, 0) is 31.0 Å². The van der Waals surface area contributed by atoms with E-state index < -0.39 is 8.32 Å². The third kappa shape index (κ3) is 5.49. The topological polar surface area (TPSA) is 9.23 Å². The molecule has 0 spiro atoms. The number of rotatable bonds is 10. The Kier molecular flexibility index (Phi) is 9.33. The van der Waals surface area contributed by atoms with Crippen molar-refractivity contribution >= 4 is 8.32 Å². The van der Waals surface area contributed by atoms with E-state index in [0.29, 0.717) is 6.10 Å². The summed E-state index contributed by atoms with van der Waals surface area (Å²) in [4.78, 5) is 0. The lowest BCUT2D eigenvalue weighted by Crippen LogP contribution is -2.39. The minimum atomic E-state index is -1.37. The number of hydrogen-bond acceptors (Lipinski definition) is 1. The van der Waals surface area contributed by atoms with E-state index in [9.17, 15) is 0 Å². The van der Waals surface area contributed by atoms with E-state index in [1.165, 1.54) is 50.2 Å². The van der Waals surface area contributed by atoms with E-state index in [2.05, 4.69) is 34.6 Å². The summed E-state index contributed by atoms with van der Waals surface area (Å²) in [5.41, 5.74) is 0. The Bertz CT molecular complexity index is 147. The summed E-state index contributed by atoms with van der Waals surface area (Å²) in [6, 6.07) is 3.85. The molecule has 1 nitrogen and oxygen atoms in total. The van der Waals surface area contributed by atoms with Crippen LogP contribution < -0.4 is 0 Å². The molecule has 0 amide bonds. The van der Waals surface area contributed by atoms with Crippen LogP contribution in [0.5, 0.6) is 0 Å². The highest BCUT2D eigenvalue weighted by molar-refractivity contribution is 6.73. The molecule has 0 saturated heterocycles. The van der Waals surface area contributed by atoms with Gasteiger partial charge in [0.1, 0.15) is 0 Å². The minimum absolute atomic E-state index is 0.552. The maximum Gasteiger partial charge on any atom is 0.192 e. The molecule has 0 saturated carbocycles. The normalized spacial score (nSPS) is 14.1. The minimum Gasteiger partial charge on any atom is -0.414 e. The molecular weight excluding hydrogens is 212 g/mol. The number of unbranched alkanes of at least 4 members (excludes halogenated alkanes) is 1. The fourth-order valence-corrected chi connectivity index (χ4v) is 5.31. The van der Waals surface area contributed by atoms with Gasteiger partial charge in [-0.2, -0.15) is 0 Å². The van der Waals surface area contributed by atoms with Crippen LogP contribution in [0.2, 0.25) is 18.1 Å². The van der Waals surface area contributed by atoms with E-state index >= 15 is 0 Å². The summed E-state index contributed by atoms with van der Waals surface area (Å²) in [6.07, 6.45) is 6.97. The quantitative estimate of drug-likeness (QED) is 0.470. The standard InChI is InChI=1S/C14H32OSi/c1-6-11-13-14(12-7-2)15-16(8-3,9-4)10-5/h14H,6-13H2,1-5H3. The molecular formula is C14H32OSi. The largest absolute Gasteiger partial charge is 0.414 e. The Morgan fingerprint density at radius 1 is 0.812 bits per heavy atom. The Labute approximate surface area is 104 Å². The lowest BCUT2D eigenvalue weighted by atomic mass is 10.1. The van der Waals surface area contributed by atoms with Gasteiger partial charge in [-0.3, -0.25) is 0 Å². The van der Waals surface area contributed by atoms with Gasteiger partial charge in [0.05, 0.1) is 0 Å². The number of hydrogen-bond donors (Lipinski definition) is 0. The van der Waals surface area contributed by atoms with Gasteiger partial charge >= 0.3 is 0 Å². The molecule has 0 aliphatic heterocycles. The van der Waals surface area contributed by atoms with Crippen molar-refractivity contribution in [3.63, 3.8) is 0 Å². The average Bonchev–Trinajstić information content (AvgIpc) is 2.33. The Balaban J connectivity index is 4.31. The lowest BCUT2D eigenvalue weighted by Gasteiger charge is -2.33. The molecule has 0 N–H and O–H groups in total. The first-order chi connectivity index (χ1) is 7.67. The van der Waals surface area contributed by atoms with Crippen LogP contribution in [0.4, 0.5) is 0 Å². The summed E-state index contributed by atoms with van der Waals surface area (Å²) in [5, 5.41) is 0. The highest BCUT2D eigenvalue weighted by atomic mass is 28.4. The van der Waals surface area contributed by atoms with Crippen molar-refractivity contribution in [3.05, 3.63) is 0 Å². The second-order valence-electron chi connectivity index (χ2n) is 4.91. The van der Waals surface area contributed by atoms with E-state index in [4.69, 9.17) is 4.43 Å². The van der Waals surface area contributed by atoms with Crippen LogP contribution in [0.1, 0.15) is 66.7 Å². The molecule has 1 unspecified atom stereocenters. The summed E-state index contributed by atoms with van der Waals surface area (Å²) in [7, 11) is -1.37. The zero-order valence-corrected chi connectivity index (χ0v) is 13.1. The summed E-state index contributed by atoms with van der Waals surface area (Å²) in [6.45, 7) is 11.5. The molecule has 0 fully saturated rings. The van der Waals surface area contributed by atoms with Crippen LogP contribution in [0.15, 0.2) is 0 Å². The van der Waals surface area contributed by atoms with E-state index in [1.807, 2.05) is 0 Å². The van der Waals surface area contributed by atoms with Crippen molar-refractivity contribution in [2.75, 3.05) is 0 Å². The molecule has 1 atom stereocenters. The van der Waals surface area contributed by atoms with Crippen molar-refractivity contribution in [2.24, 2.45) is 0 Å². The summed E-state index contributed by atoms with van der Waals surface area (Å²) in [5.74, 6) is 0. The predicted molar refractivity (Wildman–Crippen MR) is 76.5 cm³/mol. The maximum atomic E-state index is 6.57. The monoisotopic (exact) mass is 244 g/mol. The molecule has 0 heterocycles. The molecule has 16 heavy (non-hydrogen) atoms. The molecule has 98 valence electrons. The lowest BCUT2D eigenvalue weighted by molar-refractivity contribution is 0.162. The summed E-state index contributed by atoms with van der Waals surface area (Å²) >= 11 is 0. The Hall–Kier alpha value is 0.177. The van der Waals surface area contributed by atoms with Gasteiger partial charge in [-0.15, -0.1) is 0 Å². The van der Waals surface area contributed by atoms with Gasteiger partial charge < -0.3 is 4.43 Å². The molecule has 0 aromatic rings. The fourth-order valence-electron chi connectivity index (χ4n) is 2.37. The van der Waals surface area contributed by atoms with E-state index in [0.717, 1.165) is 0 Å². The molecule has 0 aliphatic rings. The molecule has 0 aromatic heterocycles. The third-order valence-electron chi connectivity index (χ3n) is 3.84. The Morgan fingerprint density at radius 2 is 1.38 bits per heavy atom. The van der Waals surface area contributed by atoms with Crippen LogP contribution in [-0.2, 0) is 4.43 Å². The third-order valence-corrected chi connectivity index (χ3v) is 8.54. The van der Waals surface area contributed by atoms with Gasteiger partial charge in [0.25, 0.3) is 0 Å². The molecule has 0 radical (unpaired) electrons. The predicted octanol–water partition coefficient (Wildman–Crippen LogP) is 5.37. The molecule has 0 aliphatic carbocycles. The van der Waals surface area contributed by atoms with Crippen LogP contribution in [0.3, 0.4) is 0 Å². The van der Waals surface area contributed by atoms with Gasteiger partial charge in [0.15, 0.2) is 8.32 Å². The SMILES string of the molecule is CCCCC(CCC)O[Si](CC)(CC)CC. The first-order valence-corrected chi connectivity index (χ1v) is 9.88. The maximum absolute atomic E-state index is 6.57. The van der Waals surface area contributed by atoms with Crippen LogP contribution in [-0.4, -0.2) is 14.4 Å². The van der Waals surface area contributed by atoms with Gasteiger partial charge in [0.2, 0.25) is 0 Å². The Morgan fingerprint density at radius 3 is 1.75 bits per heavy atom. The van der Waals surface area contributed by atoms with Crippen LogP contribution in [0, 0.1) is 0 Å². The zero-order chi connectivity index (χ0) is 12.4. The van der Waals surface area contributed by atoms with Crippen molar-refractivity contribution in [2.45, 2.75) is 91.0 Å². The van der Waals surface area contributed by atoms with Crippen molar-refractivity contribution in [1.82, 2.24) is 0 Å². The van der Waals surface area contributed by atoms with Crippen LogP contribution >= 0.6 is 0 Å². The first-order valence-electron chi connectivity index (χ1n) is 7.35. The van der Waals surface area contributed by atoms with E-state index in [-0.39, 0.29) is 0 Å². The smallest absolute Gasteiger partial charge is 0.192 e. The molecule has 0 bridgehead atoms. The highest BCUT2D eigenvalue weighted by Crippen LogP contribution is 2.26. The first kappa shape index (κ1) is 16.2. The fraction of sp³-hybridized carbons (Fsp3) is 1.00. The second kappa shape index (κ2) is 9.23. The second-order valence-corrected chi connectivity index (χ2v) is 9.64. The van der Waals surface area contributed by atoms with Crippen LogP contribution in [0.25, 0.3) is 0 Å². The average molecular weight is 244 g/mol. The molecule has 0 aromatic carbocycles. The van der Waals surface area contributed by atoms with Crippen molar-refractivity contribution in [3.8, 4) is 0 Å². The van der Waals surface area contributed by atoms with Gasteiger partial charge in [-0.25, -0.2) is 0 Å². The highest BCUT2D eigenvalue weighted by Gasteiger charge is 2.31. The zero-order valence-electron chi connectivity index (χ0n) is 12.1. The molecule has 2 heteroatoms. The van der Waals surface area contributed by atoms with Crippen molar-refractivity contribution < 1.29 is 4.43 Å². The molecule has 0 rings (SSSR count).